The minimum absolute atomic E-state index is 0.0861. The van der Waals surface area contributed by atoms with E-state index in [0.29, 0.717) is 42.8 Å². The van der Waals surface area contributed by atoms with E-state index in [2.05, 4.69) is 81.4 Å². The van der Waals surface area contributed by atoms with E-state index in [-0.39, 0.29) is 21.8 Å². The molecule has 248 valence electrons. The summed E-state index contributed by atoms with van der Waals surface area (Å²) >= 11 is 0. The van der Waals surface area contributed by atoms with E-state index in [1.165, 1.54) is 14.3 Å². The molecule has 4 aromatic carbocycles. The first kappa shape index (κ1) is 32.7. The predicted molar refractivity (Wildman–Crippen MR) is 196 cm³/mol. The zero-order valence-electron chi connectivity index (χ0n) is 28.1. The van der Waals surface area contributed by atoms with Gasteiger partial charge in [-0.05, 0) is 77.7 Å². The lowest BCUT2D eigenvalue weighted by atomic mass is 9.71. The zero-order valence-corrected chi connectivity index (χ0v) is 30.0. The minimum Gasteiger partial charge on any atom is -0.407 e. The van der Waals surface area contributed by atoms with Gasteiger partial charge in [0.15, 0.2) is 5.72 Å². The van der Waals surface area contributed by atoms with Crippen molar-refractivity contribution in [2.45, 2.75) is 69.0 Å². The van der Waals surface area contributed by atoms with Crippen LogP contribution in [-0.2, 0) is 14.4 Å². The number of aliphatic hydroxyl groups is 1. The molecule has 0 amide bonds. The van der Waals surface area contributed by atoms with Gasteiger partial charge in [0, 0.05) is 18.4 Å². The van der Waals surface area contributed by atoms with Gasteiger partial charge in [-0.3, -0.25) is 4.99 Å². The largest absolute Gasteiger partial charge is 0.407 e. The van der Waals surface area contributed by atoms with Crippen molar-refractivity contribution in [3.63, 3.8) is 0 Å². The first-order valence-corrected chi connectivity index (χ1v) is 20.3. The van der Waals surface area contributed by atoms with Crippen LogP contribution >= 0.6 is 0 Å². The highest BCUT2D eigenvalue weighted by molar-refractivity contribution is 7.90. The fraction of sp³-hybridized carbons (Fsp3) is 0.325. The van der Waals surface area contributed by atoms with Crippen LogP contribution in [0.3, 0.4) is 0 Å². The fourth-order valence-corrected chi connectivity index (χ4v) is 14.2. The van der Waals surface area contributed by atoms with Crippen LogP contribution in [-0.4, -0.2) is 43.9 Å². The summed E-state index contributed by atoms with van der Waals surface area (Å²) in [6.07, 6.45) is 2.40. The Balaban J connectivity index is 1.26. The van der Waals surface area contributed by atoms with Crippen LogP contribution in [0.1, 0.15) is 57.7 Å². The second-order valence-electron chi connectivity index (χ2n) is 14.7. The molecule has 0 unspecified atom stereocenters. The van der Waals surface area contributed by atoms with Gasteiger partial charge in [-0.25, -0.2) is 12.4 Å². The summed E-state index contributed by atoms with van der Waals surface area (Å²) in [5.74, 6) is 0.270. The number of benzene rings is 4. The molecule has 6 nitrogen and oxygen atoms in total. The Hall–Kier alpha value is -3.82. The maximum absolute atomic E-state index is 14.3. The Bertz CT molecular complexity index is 2030. The third-order valence-electron chi connectivity index (χ3n) is 10.4. The van der Waals surface area contributed by atoms with Crippen LogP contribution in [0.2, 0.25) is 5.04 Å². The van der Waals surface area contributed by atoms with E-state index < -0.39 is 24.1 Å². The van der Waals surface area contributed by atoms with Crippen molar-refractivity contribution >= 4 is 45.3 Å². The Morgan fingerprint density at radius 1 is 0.896 bits per heavy atom. The second-order valence-corrected chi connectivity index (χ2v) is 20.7. The number of hydrogen-bond donors (Lipinski definition) is 1. The number of nitrogens with zero attached hydrogens (tertiary/aromatic N) is 2. The summed E-state index contributed by atoms with van der Waals surface area (Å²) < 4.78 is 37.4. The first-order chi connectivity index (χ1) is 22.9. The number of rotatable bonds is 8. The second kappa shape index (κ2) is 12.3. The molecule has 1 saturated carbocycles. The monoisotopic (exact) mass is 676 g/mol. The molecule has 0 radical (unpaired) electrons. The molecule has 0 saturated heterocycles. The summed E-state index contributed by atoms with van der Waals surface area (Å²) in [7, 11) is -6.70. The van der Waals surface area contributed by atoms with Crippen molar-refractivity contribution in [1.29, 1.82) is 0 Å². The van der Waals surface area contributed by atoms with E-state index in [4.69, 9.17) is 9.42 Å². The Morgan fingerprint density at radius 3 is 2.12 bits per heavy atom. The molecule has 5 aromatic rings. The lowest BCUT2D eigenvalue weighted by Crippen LogP contribution is -2.67. The molecular weight excluding hydrogens is 633 g/mol. The molecule has 48 heavy (non-hydrogen) atoms. The highest BCUT2D eigenvalue weighted by atomic mass is 32.2. The summed E-state index contributed by atoms with van der Waals surface area (Å²) in [4.78, 5) is 5.14. The van der Waals surface area contributed by atoms with E-state index in [9.17, 15) is 13.5 Å². The van der Waals surface area contributed by atoms with Crippen LogP contribution in [0.25, 0.3) is 10.9 Å². The molecule has 7 rings (SSSR count). The molecule has 1 aliphatic heterocycles. The van der Waals surface area contributed by atoms with Gasteiger partial charge in [0.25, 0.3) is 18.3 Å². The molecule has 0 spiro atoms. The standard InChI is InChI=1S/C40H44N2O4SSi/c1-29-19-21-33(22-20-29)47(44,45)42-37-18-12-11-13-30(37)26-38(42)36-25-32-27-40(43,41-36)24-23-31(32)28-46-48(39(2,3)4,34-14-7-5-8-15-34)35-16-9-6-10-17-35/h5-22,26,31-32,43H,23-25,27-28H2,1-4H3/t31-,32+,40-/m0/s1. The lowest BCUT2D eigenvalue weighted by Gasteiger charge is -2.47. The van der Waals surface area contributed by atoms with Gasteiger partial charge >= 0.3 is 0 Å². The van der Waals surface area contributed by atoms with Gasteiger partial charge in [0.2, 0.25) is 0 Å². The summed E-state index contributed by atoms with van der Waals surface area (Å²) in [6, 6.07) is 37.8. The maximum atomic E-state index is 14.3. The Morgan fingerprint density at radius 2 is 1.50 bits per heavy atom. The first-order valence-electron chi connectivity index (χ1n) is 16.9. The van der Waals surface area contributed by atoms with Gasteiger partial charge in [-0.2, -0.15) is 0 Å². The van der Waals surface area contributed by atoms with Crippen molar-refractivity contribution in [3.05, 3.63) is 127 Å². The summed E-state index contributed by atoms with van der Waals surface area (Å²) in [6.45, 7) is 9.37. The van der Waals surface area contributed by atoms with E-state index in [1.54, 1.807) is 12.1 Å². The minimum atomic E-state index is -3.95. The van der Waals surface area contributed by atoms with Crippen molar-refractivity contribution in [2.75, 3.05) is 6.61 Å². The highest BCUT2D eigenvalue weighted by Crippen LogP contribution is 2.46. The average Bonchev–Trinajstić information content (AvgIpc) is 3.47. The van der Waals surface area contributed by atoms with Crippen molar-refractivity contribution in [2.24, 2.45) is 16.8 Å². The number of aliphatic imine (C=N–C) groups is 1. The van der Waals surface area contributed by atoms with Gasteiger partial charge in [-0.1, -0.05) is 117 Å². The molecule has 2 bridgehead atoms. The summed E-state index contributed by atoms with van der Waals surface area (Å²) in [5, 5.41) is 15.0. The predicted octanol–water partition coefficient (Wildman–Crippen LogP) is 7.06. The number of aryl methyl sites for hydroxylation is 1. The molecule has 1 N–H and O–H groups in total. The number of hydrogen-bond acceptors (Lipinski definition) is 5. The molecule has 2 heterocycles. The third-order valence-corrected chi connectivity index (χ3v) is 17.2. The molecular formula is C40H44N2O4SSi. The smallest absolute Gasteiger partial charge is 0.268 e. The van der Waals surface area contributed by atoms with E-state index in [1.807, 2.05) is 49.4 Å². The van der Waals surface area contributed by atoms with Crippen LogP contribution in [0, 0.1) is 18.8 Å². The number of para-hydroxylation sites is 1. The molecule has 2 aliphatic rings. The topological polar surface area (TPSA) is 80.9 Å². The fourth-order valence-electron chi connectivity index (χ4n) is 8.01. The number of aromatic nitrogens is 1. The zero-order chi connectivity index (χ0) is 33.7. The van der Waals surface area contributed by atoms with Crippen molar-refractivity contribution in [3.8, 4) is 0 Å². The third kappa shape index (κ3) is 5.68. The van der Waals surface area contributed by atoms with Crippen LogP contribution in [0.5, 0.6) is 0 Å². The molecule has 1 aromatic heterocycles. The number of fused-ring (bicyclic) bond motifs is 3. The van der Waals surface area contributed by atoms with Crippen molar-refractivity contribution in [1.82, 2.24) is 3.97 Å². The SMILES string of the molecule is Cc1ccc(S(=O)(=O)n2c(C3=N[C@]4(O)CC[C@@H](CO[Si](c5ccccc5)(c5ccccc5)C(C)(C)C)[C@H](C3)C4)cc3ccccc32)cc1. The van der Waals surface area contributed by atoms with E-state index >= 15 is 0 Å². The normalized spacial score (nSPS) is 21.6. The van der Waals surface area contributed by atoms with Gasteiger partial charge in [0.05, 0.1) is 21.8 Å². The maximum Gasteiger partial charge on any atom is 0.268 e. The van der Waals surface area contributed by atoms with Gasteiger partial charge in [-0.15, -0.1) is 0 Å². The molecule has 3 atom stereocenters. The van der Waals surface area contributed by atoms with Gasteiger partial charge < -0.3 is 9.53 Å². The molecule has 1 fully saturated rings. The van der Waals surface area contributed by atoms with Gasteiger partial charge in [0.1, 0.15) is 0 Å². The summed E-state index contributed by atoms with van der Waals surface area (Å²) in [5.41, 5.74) is 1.51. The Labute approximate surface area is 285 Å². The van der Waals surface area contributed by atoms with Crippen molar-refractivity contribution < 1.29 is 18.0 Å². The van der Waals surface area contributed by atoms with Crippen LogP contribution in [0.15, 0.2) is 125 Å². The highest BCUT2D eigenvalue weighted by Gasteiger charge is 2.52. The molecule has 1 aliphatic carbocycles. The lowest BCUT2D eigenvalue weighted by molar-refractivity contribution is -0.0417. The molecule has 8 heteroatoms. The van der Waals surface area contributed by atoms with E-state index in [0.717, 1.165) is 17.4 Å². The Kier molecular flexibility index (Phi) is 8.35. The average molecular weight is 677 g/mol. The van der Waals surface area contributed by atoms with Crippen LogP contribution in [0.4, 0.5) is 0 Å². The quantitative estimate of drug-likeness (QED) is 0.179. The van der Waals surface area contributed by atoms with Crippen LogP contribution < -0.4 is 10.4 Å².